The van der Waals surface area contributed by atoms with Crippen LogP contribution in [0.3, 0.4) is 0 Å². The highest BCUT2D eigenvalue weighted by Gasteiger charge is 2.09. The van der Waals surface area contributed by atoms with Gasteiger partial charge in [0, 0.05) is 10.8 Å². The highest BCUT2D eigenvalue weighted by molar-refractivity contribution is 6.05. The van der Waals surface area contributed by atoms with E-state index >= 15 is 0 Å². The fraction of sp³-hybridized carbons (Fsp3) is 0.222. The quantitative estimate of drug-likeness (QED) is 0.727. The number of aliphatic hydroxyl groups excluding tert-OH is 1. The fourth-order valence-corrected chi connectivity index (χ4v) is 2.62. The van der Waals surface area contributed by atoms with Gasteiger partial charge in [-0.15, -0.1) is 0 Å². The summed E-state index contributed by atoms with van der Waals surface area (Å²) < 4.78 is 5.83. The summed E-state index contributed by atoms with van der Waals surface area (Å²) in [5, 5.41) is 13.6. The van der Waals surface area contributed by atoms with Gasteiger partial charge in [0.2, 0.25) is 0 Å². The van der Waals surface area contributed by atoms with Crippen molar-refractivity contribution in [3.05, 3.63) is 53.6 Å². The molecule has 0 radical (unpaired) electrons. The predicted octanol–water partition coefficient (Wildman–Crippen LogP) is 3.98. The summed E-state index contributed by atoms with van der Waals surface area (Å²) in [6.07, 6.45) is 0. The van der Waals surface area contributed by atoms with Gasteiger partial charge in [0.05, 0.1) is 6.61 Å². The van der Waals surface area contributed by atoms with Crippen molar-refractivity contribution in [2.24, 2.45) is 0 Å². The molecule has 3 aromatic carbocycles. The van der Waals surface area contributed by atoms with Crippen LogP contribution < -0.4 is 4.74 Å². The maximum Gasteiger partial charge on any atom is 0.135 e. The molecule has 20 heavy (non-hydrogen) atoms. The molecule has 0 aliphatic heterocycles. The second kappa shape index (κ2) is 5.14. The average Bonchev–Trinajstić information content (AvgIpc) is 2.43. The minimum absolute atomic E-state index is 0.0234. The lowest BCUT2D eigenvalue weighted by Gasteiger charge is -2.13. The summed E-state index contributed by atoms with van der Waals surface area (Å²) in [6, 6.07) is 14.9. The molecule has 0 aliphatic rings. The summed E-state index contributed by atoms with van der Waals surface area (Å²) in [4.78, 5) is 0. The van der Waals surface area contributed by atoms with Gasteiger partial charge in [0.25, 0.3) is 0 Å². The predicted molar refractivity (Wildman–Crippen MR) is 83.5 cm³/mol. The first-order valence-corrected chi connectivity index (χ1v) is 6.86. The van der Waals surface area contributed by atoms with Gasteiger partial charge < -0.3 is 9.84 Å². The third kappa shape index (κ3) is 2.23. The van der Waals surface area contributed by atoms with Crippen LogP contribution in [0.2, 0.25) is 0 Å². The van der Waals surface area contributed by atoms with E-state index in [1.807, 2.05) is 0 Å². The van der Waals surface area contributed by atoms with Crippen LogP contribution in [-0.2, 0) is 0 Å². The molecule has 2 heteroatoms. The molecule has 0 saturated heterocycles. The van der Waals surface area contributed by atoms with E-state index in [9.17, 15) is 0 Å². The zero-order valence-electron chi connectivity index (χ0n) is 11.8. The summed E-state index contributed by atoms with van der Waals surface area (Å²) in [5.74, 6) is 0.871. The molecule has 0 saturated carbocycles. The molecule has 0 amide bonds. The maximum atomic E-state index is 9.05. The number of rotatable bonds is 3. The number of aliphatic hydroxyl groups is 1. The lowest BCUT2D eigenvalue weighted by Crippen LogP contribution is -2.02. The molecule has 0 unspecified atom stereocenters. The van der Waals surface area contributed by atoms with E-state index in [1.165, 1.54) is 21.9 Å². The Morgan fingerprint density at radius 1 is 0.850 bits per heavy atom. The van der Waals surface area contributed by atoms with Gasteiger partial charge in [-0.1, -0.05) is 41.5 Å². The van der Waals surface area contributed by atoms with E-state index in [1.54, 1.807) is 0 Å². The molecule has 0 fully saturated rings. The third-order valence-electron chi connectivity index (χ3n) is 3.55. The van der Waals surface area contributed by atoms with Crippen LogP contribution in [0, 0.1) is 13.8 Å². The van der Waals surface area contributed by atoms with E-state index in [2.05, 4.69) is 56.3 Å². The van der Waals surface area contributed by atoms with Gasteiger partial charge in [-0.3, -0.25) is 0 Å². The van der Waals surface area contributed by atoms with Gasteiger partial charge in [-0.2, -0.15) is 0 Å². The molecule has 0 heterocycles. The molecular weight excluding hydrogens is 248 g/mol. The van der Waals surface area contributed by atoms with Crippen molar-refractivity contribution in [2.45, 2.75) is 13.8 Å². The number of ether oxygens (including phenoxy) is 1. The highest BCUT2D eigenvalue weighted by Crippen LogP contribution is 2.35. The van der Waals surface area contributed by atoms with Crippen molar-refractivity contribution in [2.75, 3.05) is 13.2 Å². The Bertz CT molecular complexity index is 775. The SMILES string of the molecule is Cc1ccc2c(OCCO)c3cc(C)ccc3cc2c1. The second-order valence-electron chi connectivity index (χ2n) is 5.23. The van der Waals surface area contributed by atoms with Crippen molar-refractivity contribution in [3.8, 4) is 5.75 Å². The van der Waals surface area contributed by atoms with E-state index in [-0.39, 0.29) is 6.61 Å². The van der Waals surface area contributed by atoms with Crippen molar-refractivity contribution >= 4 is 21.5 Å². The molecule has 2 nitrogen and oxygen atoms in total. The van der Waals surface area contributed by atoms with Crippen LogP contribution in [0.5, 0.6) is 5.75 Å². The zero-order chi connectivity index (χ0) is 14.1. The standard InChI is InChI=1S/C18H18O2/c1-12-4-6-16-15(9-12)11-14-5-3-13(2)10-17(14)18(16)20-8-7-19/h3-6,9-11,19H,7-8H2,1-2H3. The van der Waals surface area contributed by atoms with E-state index in [4.69, 9.17) is 9.84 Å². The maximum absolute atomic E-state index is 9.05. The molecule has 0 spiro atoms. The zero-order valence-corrected chi connectivity index (χ0v) is 11.8. The van der Waals surface area contributed by atoms with Crippen molar-refractivity contribution in [3.63, 3.8) is 0 Å². The highest BCUT2D eigenvalue weighted by atomic mass is 16.5. The molecule has 102 valence electrons. The first-order chi connectivity index (χ1) is 9.69. The van der Waals surface area contributed by atoms with Gasteiger partial charge in [-0.05, 0) is 36.8 Å². The number of benzene rings is 3. The average molecular weight is 266 g/mol. The number of hydrogen-bond donors (Lipinski definition) is 1. The van der Waals surface area contributed by atoms with Crippen LogP contribution in [0.15, 0.2) is 42.5 Å². The second-order valence-corrected chi connectivity index (χ2v) is 5.23. The number of fused-ring (bicyclic) bond motifs is 2. The van der Waals surface area contributed by atoms with Gasteiger partial charge >= 0.3 is 0 Å². The Balaban J connectivity index is 2.36. The third-order valence-corrected chi connectivity index (χ3v) is 3.55. The van der Waals surface area contributed by atoms with Crippen molar-refractivity contribution < 1.29 is 9.84 Å². The Morgan fingerprint density at radius 2 is 1.60 bits per heavy atom. The Hall–Kier alpha value is -2.06. The van der Waals surface area contributed by atoms with E-state index in [0.29, 0.717) is 6.61 Å². The van der Waals surface area contributed by atoms with E-state index < -0.39 is 0 Å². The molecule has 0 aliphatic carbocycles. The minimum Gasteiger partial charge on any atom is -0.490 e. The Labute approximate surface area is 118 Å². The largest absolute Gasteiger partial charge is 0.490 e. The lowest BCUT2D eigenvalue weighted by molar-refractivity contribution is 0.204. The van der Waals surface area contributed by atoms with Crippen LogP contribution in [0.4, 0.5) is 0 Å². The summed E-state index contributed by atoms with van der Waals surface area (Å²) in [6.45, 7) is 4.51. The number of aryl methyl sites for hydroxylation is 2. The molecule has 3 aromatic rings. The Morgan fingerprint density at radius 3 is 2.40 bits per heavy atom. The Kier molecular flexibility index (Phi) is 3.33. The van der Waals surface area contributed by atoms with Gasteiger partial charge in [-0.25, -0.2) is 0 Å². The smallest absolute Gasteiger partial charge is 0.135 e. The van der Waals surface area contributed by atoms with E-state index in [0.717, 1.165) is 16.5 Å². The molecule has 0 atom stereocenters. The lowest BCUT2D eigenvalue weighted by atomic mass is 9.99. The van der Waals surface area contributed by atoms with Crippen LogP contribution in [0.1, 0.15) is 11.1 Å². The topological polar surface area (TPSA) is 29.5 Å². The van der Waals surface area contributed by atoms with Crippen LogP contribution in [0.25, 0.3) is 21.5 Å². The van der Waals surface area contributed by atoms with Crippen molar-refractivity contribution in [1.82, 2.24) is 0 Å². The molecule has 3 rings (SSSR count). The first kappa shape index (κ1) is 12.9. The fourth-order valence-electron chi connectivity index (χ4n) is 2.62. The van der Waals surface area contributed by atoms with Gasteiger partial charge in [0.15, 0.2) is 0 Å². The summed E-state index contributed by atoms with van der Waals surface area (Å²) >= 11 is 0. The van der Waals surface area contributed by atoms with Crippen LogP contribution in [-0.4, -0.2) is 18.3 Å². The molecule has 0 aromatic heterocycles. The van der Waals surface area contributed by atoms with Crippen molar-refractivity contribution in [1.29, 1.82) is 0 Å². The summed E-state index contributed by atoms with van der Waals surface area (Å²) in [5.41, 5.74) is 2.44. The molecular formula is C18H18O2. The van der Waals surface area contributed by atoms with Crippen LogP contribution >= 0.6 is 0 Å². The van der Waals surface area contributed by atoms with Gasteiger partial charge in [0.1, 0.15) is 12.4 Å². The normalized spacial score (nSPS) is 11.2. The minimum atomic E-state index is 0.0234. The molecule has 1 N–H and O–H groups in total. The molecule has 0 bridgehead atoms. The monoisotopic (exact) mass is 266 g/mol. The number of hydrogen-bond acceptors (Lipinski definition) is 2. The first-order valence-electron chi connectivity index (χ1n) is 6.86. The summed E-state index contributed by atoms with van der Waals surface area (Å²) in [7, 11) is 0.